The molecule has 0 saturated heterocycles. The van der Waals surface area contributed by atoms with Crippen LogP contribution in [0.4, 0.5) is 4.39 Å². The molecule has 3 aliphatic rings. The second kappa shape index (κ2) is 4.25. The molecular formula is C19H20FNO. The highest BCUT2D eigenvalue weighted by molar-refractivity contribution is 5.75. The van der Waals surface area contributed by atoms with Gasteiger partial charge in [-0.05, 0) is 50.0 Å². The van der Waals surface area contributed by atoms with E-state index in [0.717, 1.165) is 12.0 Å². The summed E-state index contributed by atoms with van der Waals surface area (Å²) < 4.78 is 14.3. The van der Waals surface area contributed by atoms with Crippen LogP contribution in [0, 0.1) is 5.82 Å². The van der Waals surface area contributed by atoms with Gasteiger partial charge in [0.25, 0.3) is 0 Å². The zero-order chi connectivity index (χ0) is 15.6. The molecule has 0 spiro atoms. The SMILES string of the molecule is CC1=CC(C)(C)NC2=C1CC1C(=C(O)c3cccc(F)c31)C2. The van der Waals surface area contributed by atoms with Gasteiger partial charge in [-0.2, -0.15) is 0 Å². The lowest BCUT2D eigenvalue weighted by atomic mass is 9.76. The maximum atomic E-state index is 14.3. The number of hydrogen-bond donors (Lipinski definition) is 2. The first-order valence-electron chi connectivity index (χ1n) is 7.78. The van der Waals surface area contributed by atoms with Crippen molar-refractivity contribution in [1.29, 1.82) is 0 Å². The number of allylic oxidation sites excluding steroid dienone is 3. The summed E-state index contributed by atoms with van der Waals surface area (Å²) in [5, 5.41) is 14.1. The normalized spacial score (nSPS) is 25.3. The third kappa shape index (κ3) is 1.78. The maximum Gasteiger partial charge on any atom is 0.127 e. The summed E-state index contributed by atoms with van der Waals surface area (Å²) in [6, 6.07) is 4.98. The molecule has 0 fully saturated rings. The van der Waals surface area contributed by atoms with E-state index >= 15 is 0 Å². The molecule has 1 atom stereocenters. The van der Waals surface area contributed by atoms with Gasteiger partial charge < -0.3 is 10.4 Å². The monoisotopic (exact) mass is 297 g/mol. The lowest BCUT2D eigenvalue weighted by molar-refractivity contribution is 0.477. The Balaban J connectivity index is 1.83. The molecule has 1 aromatic rings. The maximum absolute atomic E-state index is 14.3. The van der Waals surface area contributed by atoms with E-state index in [1.165, 1.54) is 22.9 Å². The van der Waals surface area contributed by atoms with E-state index in [1.807, 2.05) is 6.07 Å². The first-order valence-corrected chi connectivity index (χ1v) is 7.78. The molecule has 0 aromatic heterocycles. The molecule has 4 rings (SSSR count). The van der Waals surface area contributed by atoms with Crippen LogP contribution >= 0.6 is 0 Å². The van der Waals surface area contributed by atoms with Crippen molar-refractivity contribution in [3.05, 3.63) is 63.6 Å². The van der Waals surface area contributed by atoms with Crippen molar-refractivity contribution in [1.82, 2.24) is 5.32 Å². The molecule has 0 saturated carbocycles. The number of dihydropyridines is 1. The van der Waals surface area contributed by atoms with Crippen LogP contribution in [0.3, 0.4) is 0 Å². The van der Waals surface area contributed by atoms with Crippen molar-refractivity contribution in [2.75, 3.05) is 0 Å². The van der Waals surface area contributed by atoms with E-state index in [1.54, 1.807) is 6.07 Å². The van der Waals surface area contributed by atoms with Crippen molar-refractivity contribution in [2.24, 2.45) is 0 Å². The third-order valence-electron chi connectivity index (χ3n) is 5.05. The van der Waals surface area contributed by atoms with Gasteiger partial charge in [0, 0.05) is 29.2 Å². The number of hydrogen-bond acceptors (Lipinski definition) is 2. The minimum atomic E-state index is -0.209. The smallest absolute Gasteiger partial charge is 0.127 e. The topological polar surface area (TPSA) is 32.3 Å². The van der Waals surface area contributed by atoms with E-state index in [4.69, 9.17) is 0 Å². The average Bonchev–Trinajstić information content (AvgIpc) is 2.71. The van der Waals surface area contributed by atoms with Crippen molar-refractivity contribution in [3.63, 3.8) is 0 Å². The predicted octanol–water partition coefficient (Wildman–Crippen LogP) is 4.57. The number of rotatable bonds is 0. The molecule has 1 aromatic carbocycles. The lowest BCUT2D eigenvalue weighted by Gasteiger charge is -2.38. The molecule has 1 aliphatic heterocycles. The molecule has 2 N–H and O–H groups in total. The Hall–Kier alpha value is -2.03. The van der Waals surface area contributed by atoms with Crippen molar-refractivity contribution in [3.8, 4) is 0 Å². The number of halogens is 1. The number of benzene rings is 1. The molecule has 2 aliphatic carbocycles. The Labute approximate surface area is 130 Å². The van der Waals surface area contributed by atoms with Crippen LogP contribution in [0.15, 0.2) is 46.7 Å². The van der Waals surface area contributed by atoms with E-state index in [0.29, 0.717) is 17.5 Å². The van der Waals surface area contributed by atoms with Crippen LogP contribution in [0.5, 0.6) is 0 Å². The van der Waals surface area contributed by atoms with Crippen LogP contribution < -0.4 is 5.32 Å². The van der Waals surface area contributed by atoms with Gasteiger partial charge in [-0.1, -0.05) is 18.2 Å². The molecule has 3 heteroatoms. The Morgan fingerprint density at radius 2 is 2.09 bits per heavy atom. The molecule has 0 radical (unpaired) electrons. The number of aliphatic hydroxyl groups is 1. The second-order valence-corrected chi connectivity index (χ2v) is 7.14. The fraction of sp³-hybridized carbons (Fsp3) is 0.368. The fourth-order valence-electron chi connectivity index (χ4n) is 4.24. The molecule has 22 heavy (non-hydrogen) atoms. The minimum absolute atomic E-state index is 0.0266. The van der Waals surface area contributed by atoms with Gasteiger partial charge in [0.2, 0.25) is 0 Å². The number of nitrogens with one attached hydrogen (secondary N) is 1. The molecular weight excluding hydrogens is 277 g/mol. The summed E-state index contributed by atoms with van der Waals surface area (Å²) in [4.78, 5) is 0. The molecule has 0 bridgehead atoms. The van der Waals surface area contributed by atoms with Gasteiger partial charge in [-0.15, -0.1) is 0 Å². The third-order valence-corrected chi connectivity index (χ3v) is 5.05. The Bertz CT molecular complexity index is 783. The average molecular weight is 297 g/mol. The van der Waals surface area contributed by atoms with Gasteiger partial charge in [0.05, 0.1) is 5.54 Å². The van der Waals surface area contributed by atoms with Crippen LogP contribution in [-0.2, 0) is 0 Å². The number of aliphatic hydroxyl groups excluding tert-OH is 1. The van der Waals surface area contributed by atoms with Gasteiger partial charge in [0.15, 0.2) is 0 Å². The predicted molar refractivity (Wildman–Crippen MR) is 85.9 cm³/mol. The highest BCUT2D eigenvalue weighted by atomic mass is 19.1. The van der Waals surface area contributed by atoms with Crippen molar-refractivity contribution in [2.45, 2.75) is 45.1 Å². The fourth-order valence-corrected chi connectivity index (χ4v) is 4.24. The van der Waals surface area contributed by atoms with Crippen LogP contribution in [0.1, 0.15) is 50.7 Å². The van der Waals surface area contributed by atoms with E-state index in [-0.39, 0.29) is 23.0 Å². The molecule has 1 heterocycles. The van der Waals surface area contributed by atoms with Crippen molar-refractivity contribution >= 4 is 5.76 Å². The van der Waals surface area contributed by atoms with E-state index in [9.17, 15) is 9.50 Å². The van der Waals surface area contributed by atoms with Crippen LogP contribution in [0.25, 0.3) is 5.76 Å². The van der Waals surface area contributed by atoms with Gasteiger partial charge in [-0.3, -0.25) is 0 Å². The largest absolute Gasteiger partial charge is 0.507 e. The Kier molecular flexibility index (Phi) is 2.63. The minimum Gasteiger partial charge on any atom is -0.507 e. The van der Waals surface area contributed by atoms with Gasteiger partial charge in [-0.25, -0.2) is 4.39 Å². The summed E-state index contributed by atoms with van der Waals surface area (Å²) in [5.41, 5.74) is 5.93. The zero-order valence-electron chi connectivity index (χ0n) is 13.1. The van der Waals surface area contributed by atoms with Crippen LogP contribution in [-0.4, -0.2) is 10.6 Å². The summed E-state index contributed by atoms with van der Waals surface area (Å²) in [5.74, 6) is 0.0398. The summed E-state index contributed by atoms with van der Waals surface area (Å²) in [6.07, 6.45) is 3.67. The van der Waals surface area contributed by atoms with Crippen molar-refractivity contribution < 1.29 is 9.50 Å². The standard InChI is InChI=1S/C19H20FNO/c1-10-9-19(2,3)21-16-8-14-13(7-12(10)16)17-11(18(14)22)5-4-6-15(17)20/h4-6,9,13,21-22H,7-8H2,1-3H3. The molecule has 0 amide bonds. The molecule has 1 unspecified atom stereocenters. The molecule has 114 valence electrons. The second-order valence-electron chi connectivity index (χ2n) is 7.14. The highest BCUT2D eigenvalue weighted by Crippen LogP contribution is 2.52. The molecule has 2 nitrogen and oxygen atoms in total. The van der Waals surface area contributed by atoms with Gasteiger partial charge in [0.1, 0.15) is 11.6 Å². The number of fused-ring (bicyclic) bond motifs is 3. The van der Waals surface area contributed by atoms with E-state index in [2.05, 4.69) is 32.2 Å². The summed E-state index contributed by atoms with van der Waals surface area (Å²) in [6.45, 7) is 6.41. The Morgan fingerprint density at radius 1 is 1.32 bits per heavy atom. The first-order chi connectivity index (χ1) is 10.4. The van der Waals surface area contributed by atoms with Gasteiger partial charge >= 0.3 is 0 Å². The first kappa shape index (κ1) is 13.6. The quantitative estimate of drug-likeness (QED) is 0.735. The summed E-state index contributed by atoms with van der Waals surface area (Å²) >= 11 is 0. The van der Waals surface area contributed by atoms with E-state index < -0.39 is 0 Å². The summed E-state index contributed by atoms with van der Waals surface area (Å²) in [7, 11) is 0. The lowest BCUT2D eigenvalue weighted by Crippen LogP contribution is -2.41. The Morgan fingerprint density at radius 3 is 2.86 bits per heavy atom. The zero-order valence-corrected chi connectivity index (χ0v) is 13.1. The van der Waals surface area contributed by atoms with Crippen LogP contribution in [0.2, 0.25) is 0 Å². The highest BCUT2D eigenvalue weighted by Gasteiger charge is 2.40.